The van der Waals surface area contributed by atoms with Gasteiger partial charge < -0.3 is 10.0 Å². The van der Waals surface area contributed by atoms with Crippen LogP contribution in [0.15, 0.2) is 47.4 Å². The molecule has 1 saturated heterocycles. The lowest BCUT2D eigenvalue weighted by Gasteiger charge is -2.34. The molecule has 0 aromatic heterocycles. The molecular formula is C18H19N3O6S. The zero-order chi connectivity index (χ0) is 20.5. The fraction of sp³-hybridized carbons (Fsp3) is 0.278. The maximum atomic E-state index is 12.8. The lowest BCUT2D eigenvalue weighted by atomic mass is 10.1. The Kier molecular flexibility index (Phi) is 5.34. The number of aryl methyl sites for hydroxylation is 1. The summed E-state index contributed by atoms with van der Waals surface area (Å²) in [6.07, 6.45) is 0. The molecule has 0 aliphatic carbocycles. The number of phenols is 1. The van der Waals surface area contributed by atoms with E-state index in [0.29, 0.717) is 0 Å². The van der Waals surface area contributed by atoms with Crippen LogP contribution < -0.4 is 0 Å². The number of hydrogen-bond donors (Lipinski definition) is 1. The molecule has 1 heterocycles. The minimum atomic E-state index is -4.06. The molecule has 10 heteroatoms. The van der Waals surface area contributed by atoms with Crippen molar-refractivity contribution in [2.45, 2.75) is 11.8 Å². The topological polar surface area (TPSA) is 121 Å². The number of nitrogens with zero attached hydrogens (tertiary/aromatic N) is 3. The van der Waals surface area contributed by atoms with Gasteiger partial charge in [0.15, 0.2) is 4.90 Å². The first kappa shape index (κ1) is 19.8. The number of nitro benzene ring substituents is 1. The maximum Gasteiger partial charge on any atom is 0.289 e. The Balaban J connectivity index is 1.76. The zero-order valence-corrected chi connectivity index (χ0v) is 15.9. The van der Waals surface area contributed by atoms with Crippen molar-refractivity contribution in [1.82, 2.24) is 9.21 Å². The number of nitro groups is 1. The molecule has 0 radical (unpaired) electrons. The van der Waals surface area contributed by atoms with E-state index in [0.717, 1.165) is 15.9 Å². The van der Waals surface area contributed by atoms with Crippen molar-refractivity contribution < 1.29 is 23.2 Å². The van der Waals surface area contributed by atoms with E-state index in [-0.39, 0.29) is 48.3 Å². The first-order valence-electron chi connectivity index (χ1n) is 8.54. The number of amides is 1. The minimum Gasteiger partial charge on any atom is -0.507 e. The first-order valence-corrected chi connectivity index (χ1v) is 9.98. The van der Waals surface area contributed by atoms with Crippen molar-refractivity contribution in [3.63, 3.8) is 0 Å². The molecule has 0 spiro atoms. The van der Waals surface area contributed by atoms with Gasteiger partial charge in [-0.15, -0.1) is 0 Å². The lowest BCUT2D eigenvalue weighted by Crippen LogP contribution is -2.50. The summed E-state index contributed by atoms with van der Waals surface area (Å²) in [6.45, 7) is 2.04. The van der Waals surface area contributed by atoms with Crippen molar-refractivity contribution in [3.8, 4) is 5.75 Å². The van der Waals surface area contributed by atoms with Gasteiger partial charge in [0.05, 0.1) is 10.5 Å². The van der Waals surface area contributed by atoms with Crippen LogP contribution in [0.5, 0.6) is 5.75 Å². The number of aromatic hydroxyl groups is 1. The average molecular weight is 405 g/mol. The Bertz CT molecular complexity index is 1030. The van der Waals surface area contributed by atoms with E-state index in [1.54, 1.807) is 13.0 Å². The number of hydrogen-bond acceptors (Lipinski definition) is 6. The third-order valence-electron chi connectivity index (χ3n) is 4.59. The van der Waals surface area contributed by atoms with Gasteiger partial charge in [0.2, 0.25) is 10.0 Å². The summed E-state index contributed by atoms with van der Waals surface area (Å²) in [5.41, 5.74) is 0.487. The van der Waals surface area contributed by atoms with E-state index in [9.17, 15) is 28.4 Å². The molecule has 3 rings (SSSR count). The molecule has 1 amide bonds. The second kappa shape index (κ2) is 7.56. The first-order chi connectivity index (χ1) is 13.2. The Hall–Kier alpha value is -2.98. The smallest absolute Gasteiger partial charge is 0.289 e. The molecule has 0 atom stereocenters. The average Bonchev–Trinajstić information content (AvgIpc) is 2.67. The van der Waals surface area contributed by atoms with Gasteiger partial charge in [-0.3, -0.25) is 14.9 Å². The number of sulfonamides is 1. The van der Waals surface area contributed by atoms with Crippen LogP contribution in [-0.2, 0) is 10.0 Å². The van der Waals surface area contributed by atoms with E-state index < -0.39 is 20.6 Å². The summed E-state index contributed by atoms with van der Waals surface area (Å²) in [5, 5.41) is 21.1. The molecule has 0 unspecified atom stereocenters. The Morgan fingerprint density at radius 3 is 2.36 bits per heavy atom. The van der Waals surface area contributed by atoms with Crippen molar-refractivity contribution in [1.29, 1.82) is 0 Å². The Labute approximate surface area is 162 Å². The van der Waals surface area contributed by atoms with Crippen LogP contribution in [0.1, 0.15) is 15.9 Å². The van der Waals surface area contributed by atoms with Gasteiger partial charge in [-0.1, -0.05) is 18.2 Å². The molecule has 1 N–H and O–H groups in total. The standard InChI is InChI=1S/C18H19N3O6S/c1-13-6-7-14(16(22)12-13)18(23)19-8-10-20(11-9-19)28(26,27)17-5-3-2-4-15(17)21(24)25/h2-7,12,22H,8-11H2,1H3. The van der Waals surface area contributed by atoms with E-state index in [2.05, 4.69) is 0 Å². The predicted octanol–water partition coefficient (Wildman–Crippen LogP) is 1.76. The summed E-state index contributed by atoms with van der Waals surface area (Å²) >= 11 is 0. The molecule has 28 heavy (non-hydrogen) atoms. The number of benzene rings is 2. The number of para-hydroxylation sites is 1. The molecular weight excluding hydrogens is 386 g/mol. The van der Waals surface area contributed by atoms with Crippen molar-refractivity contribution in [2.24, 2.45) is 0 Å². The third-order valence-corrected chi connectivity index (χ3v) is 6.54. The van der Waals surface area contributed by atoms with E-state index in [4.69, 9.17) is 0 Å². The quantitative estimate of drug-likeness (QED) is 0.611. The van der Waals surface area contributed by atoms with Gasteiger partial charge in [0, 0.05) is 32.2 Å². The molecule has 1 fully saturated rings. The second-order valence-electron chi connectivity index (χ2n) is 6.44. The highest BCUT2D eigenvalue weighted by molar-refractivity contribution is 7.89. The van der Waals surface area contributed by atoms with Gasteiger partial charge in [-0.05, 0) is 30.7 Å². The maximum absolute atomic E-state index is 12.8. The third kappa shape index (κ3) is 3.69. The largest absolute Gasteiger partial charge is 0.507 e. The van der Waals surface area contributed by atoms with Crippen LogP contribution in [0.2, 0.25) is 0 Å². The molecule has 1 aliphatic rings. The number of rotatable bonds is 4. The Morgan fingerprint density at radius 1 is 1.11 bits per heavy atom. The van der Waals surface area contributed by atoms with Gasteiger partial charge >= 0.3 is 0 Å². The number of carbonyl (C=O) groups excluding carboxylic acids is 1. The second-order valence-corrected chi connectivity index (χ2v) is 8.35. The van der Waals surface area contributed by atoms with Gasteiger partial charge in [-0.2, -0.15) is 4.31 Å². The molecule has 148 valence electrons. The molecule has 1 aliphatic heterocycles. The lowest BCUT2D eigenvalue weighted by molar-refractivity contribution is -0.387. The van der Waals surface area contributed by atoms with Crippen LogP contribution in [0.3, 0.4) is 0 Å². The molecule has 2 aromatic rings. The van der Waals surface area contributed by atoms with Crippen molar-refractivity contribution >= 4 is 21.6 Å². The van der Waals surface area contributed by atoms with E-state index in [1.807, 2.05) is 0 Å². The highest BCUT2D eigenvalue weighted by Crippen LogP contribution is 2.27. The molecule has 9 nitrogen and oxygen atoms in total. The fourth-order valence-corrected chi connectivity index (χ4v) is 4.67. The molecule has 0 saturated carbocycles. The van der Waals surface area contributed by atoms with Crippen molar-refractivity contribution in [2.75, 3.05) is 26.2 Å². The van der Waals surface area contributed by atoms with Crippen LogP contribution >= 0.6 is 0 Å². The fourth-order valence-electron chi connectivity index (χ4n) is 3.09. The number of phenolic OH excluding ortho intramolecular Hbond substituents is 1. The summed E-state index contributed by atoms with van der Waals surface area (Å²) in [4.78, 5) is 24.1. The van der Waals surface area contributed by atoms with Crippen molar-refractivity contribution in [3.05, 3.63) is 63.7 Å². The molecule has 2 aromatic carbocycles. The Morgan fingerprint density at radius 2 is 1.75 bits per heavy atom. The van der Waals surface area contributed by atoms with Crippen LogP contribution in [0, 0.1) is 17.0 Å². The summed E-state index contributed by atoms with van der Waals surface area (Å²) < 4.78 is 26.8. The normalized spacial score (nSPS) is 15.4. The summed E-state index contributed by atoms with van der Waals surface area (Å²) in [6, 6.07) is 9.91. The van der Waals surface area contributed by atoms with E-state index in [1.165, 1.54) is 35.2 Å². The van der Waals surface area contributed by atoms with Crippen LogP contribution in [0.25, 0.3) is 0 Å². The summed E-state index contributed by atoms with van der Waals surface area (Å²) in [5.74, 6) is -0.514. The zero-order valence-electron chi connectivity index (χ0n) is 15.1. The highest BCUT2D eigenvalue weighted by atomic mass is 32.2. The number of piperazine rings is 1. The van der Waals surface area contributed by atoms with Gasteiger partial charge in [-0.25, -0.2) is 8.42 Å². The van der Waals surface area contributed by atoms with Crippen LogP contribution in [-0.4, -0.2) is 59.7 Å². The minimum absolute atomic E-state index is 0.00669. The predicted molar refractivity (Wildman–Crippen MR) is 101 cm³/mol. The summed E-state index contributed by atoms with van der Waals surface area (Å²) in [7, 11) is -4.06. The highest BCUT2D eigenvalue weighted by Gasteiger charge is 2.34. The monoisotopic (exact) mass is 405 g/mol. The molecule has 0 bridgehead atoms. The van der Waals surface area contributed by atoms with Gasteiger partial charge in [0.1, 0.15) is 5.75 Å². The SMILES string of the molecule is Cc1ccc(C(=O)N2CCN(S(=O)(=O)c3ccccc3[N+](=O)[O-])CC2)c(O)c1. The van der Waals surface area contributed by atoms with E-state index >= 15 is 0 Å². The number of carbonyl (C=O) groups is 1. The van der Waals surface area contributed by atoms with Crippen LogP contribution in [0.4, 0.5) is 5.69 Å². The van der Waals surface area contributed by atoms with Gasteiger partial charge in [0.25, 0.3) is 11.6 Å².